The van der Waals surface area contributed by atoms with Crippen LogP contribution >= 0.6 is 23.1 Å². The Morgan fingerprint density at radius 2 is 2.28 bits per heavy atom. The fraction of sp³-hybridized carbons (Fsp3) is 0.750. The molecule has 0 unspecified atom stereocenters. The summed E-state index contributed by atoms with van der Waals surface area (Å²) in [6.07, 6.45) is 2.13. The first-order valence-corrected chi connectivity index (χ1v) is 8.26. The number of ether oxygens (including phenoxy) is 1. The van der Waals surface area contributed by atoms with E-state index in [1.165, 1.54) is 4.88 Å². The van der Waals surface area contributed by atoms with Crippen LogP contribution in [0.15, 0.2) is 0 Å². The van der Waals surface area contributed by atoms with Crippen LogP contribution in [0.5, 0.6) is 0 Å². The van der Waals surface area contributed by atoms with Crippen LogP contribution in [0.1, 0.15) is 10.6 Å². The fourth-order valence-corrected chi connectivity index (χ4v) is 2.91. The Morgan fingerprint density at radius 3 is 2.94 bits per heavy atom. The summed E-state index contributed by atoms with van der Waals surface area (Å²) in [5.74, 6) is 1.14. The summed E-state index contributed by atoms with van der Waals surface area (Å²) in [7, 11) is 3.83. The molecule has 0 bridgehead atoms. The predicted molar refractivity (Wildman–Crippen MR) is 82.1 cm³/mol. The molecule has 18 heavy (non-hydrogen) atoms. The van der Waals surface area contributed by atoms with E-state index in [4.69, 9.17) is 4.74 Å². The van der Waals surface area contributed by atoms with Gasteiger partial charge in [-0.05, 0) is 13.2 Å². The first kappa shape index (κ1) is 15.8. The zero-order valence-electron chi connectivity index (χ0n) is 11.7. The van der Waals surface area contributed by atoms with Crippen LogP contribution in [0.4, 0.5) is 5.13 Å². The lowest BCUT2D eigenvalue weighted by molar-refractivity contribution is 0.199. The van der Waals surface area contributed by atoms with Gasteiger partial charge in [0.2, 0.25) is 0 Å². The molecule has 104 valence electrons. The highest BCUT2D eigenvalue weighted by Crippen LogP contribution is 2.25. The number of hydrogen-bond acceptors (Lipinski definition) is 6. The molecule has 1 N–H and O–H groups in total. The molecule has 0 amide bonds. The molecule has 1 aromatic rings. The van der Waals surface area contributed by atoms with Crippen LogP contribution in [0.3, 0.4) is 0 Å². The highest BCUT2D eigenvalue weighted by Gasteiger charge is 2.10. The summed E-state index contributed by atoms with van der Waals surface area (Å²) in [5, 5.41) is 4.48. The molecule has 1 rings (SSSR count). The van der Waals surface area contributed by atoms with E-state index >= 15 is 0 Å². The third-order valence-electron chi connectivity index (χ3n) is 2.61. The molecule has 0 aliphatic heterocycles. The first-order valence-electron chi connectivity index (χ1n) is 6.05. The zero-order chi connectivity index (χ0) is 13.4. The number of nitrogens with zero attached hydrogens (tertiary/aromatic N) is 2. The zero-order valence-corrected chi connectivity index (χ0v) is 13.3. The minimum absolute atomic E-state index is 0.748. The van der Waals surface area contributed by atoms with Gasteiger partial charge in [0.1, 0.15) is 0 Å². The van der Waals surface area contributed by atoms with Crippen molar-refractivity contribution in [2.45, 2.75) is 13.5 Å². The van der Waals surface area contributed by atoms with Gasteiger partial charge in [-0.2, -0.15) is 11.8 Å². The number of thiazole rings is 1. The second kappa shape index (κ2) is 8.74. The average molecular weight is 289 g/mol. The second-order valence-corrected chi connectivity index (χ2v) is 6.14. The topological polar surface area (TPSA) is 37.4 Å². The number of aryl methyl sites for hydroxylation is 1. The van der Waals surface area contributed by atoms with Gasteiger partial charge >= 0.3 is 0 Å². The monoisotopic (exact) mass is 289 g/mol. The van der Waals surface area contributed by atoms with Gasteiger partial charge in [0.05, 0.1) is 12.3 Å². The number of nitrogens with one attached hydrogen (secondary N) is 1. The standard InChI is InChI=1S/C12H23N3OS2/c1-10-11(9-13-5-7-16-3)18-12(14-10)15(2)6-8-17-4/h13H,5-9H2,1-4H3. The quantitative estimate of drug-likeness (QED) is 0.704. The molecule has 0 aliphatic rings. The molecule has 0 saturated heterocycles. The van der Waals surface area contributed by atoms with Crippen molar-refractivity contribution < 1.29 is 4.74 Å². The van der Waals surface area contributed by atoms with E-state index in [1.54, 1.807) is 18.4 Å². The average Bonchev–Trinajstić information content (AvgIpc) is 2.73. The number of anilines is 1. The molecule has 1 aromatic heterocycles. The summed E-state index contributed by atoms with van der Waals surface area (Å²) in [6.45, 7) is 5.63. The number of rotatable bonds is 9. The van der Waals surface area contributed by atoms with Gasteiger partial charge in [0.15, 0.2) is 5.13 Å². The molecule has 0 radical (unpaired) electrons. The third-order valence-corrected chi connectivity index (χ3v) is 4.47. The van der Waals surface area contributed by atoms with Crippen LogP contribution in [-0.4, -0.2) is 50.8 Å². The van der Waals surface area contributed by atoms with Gasteiger partial charge in [-0.1, -0.05) is 0 Å². The molecular weight excluding hydrogens is 266 g/mol. The molecule has 0 saturated carbocycles. The molecule has 0 aromatic carbocycles. The molecule has 0 fully saturated rings. The molecule has 0 aliphatic carbocycles. The number of thioether (sulfide) groups is 1. The Balaban J connectivity index is 2.47. The van der Waals surface area contributed by atoms with Crippen molar-refractivity contribution in [1.82, 2.24) is 10.3 Å². The van der Waals surface area contributed by atoms with E-state index in [-0.39, 0.29) is 0 Å². The maximum absolute atomic E-state index is 5.01. The van der Waals surface area contributed by atoms with Crippen molar-refractivity contribution in [3.05, 3.63) is 10.6 Å². The molecular formula is C12H23N3OS2. The van der Waals surface area contributed by atoms with E-state index in [2.05, 4.69) is 35.4 Å². The third kappa shape index (κ3) is 5.14. The van der Waals surface area contributed by atoms with Crippen LogP contribution in [-0.2, 0) is 11.3 Å². The van der Waals surface area contributed by atoms with Crippen molar-refractivity contribution in [2.75, 3.05) is 50.8 Å². The molecule has 1 heterocycles. The van der Waals surface area contributed by atoms with Crippen LogP contribution < -0.4 is 10.2 Å². The van der Waals surface area contributed by atoms with E-state index in [0.717, 1.165) is 42.8 Å². The van der Waals surface area contributed by atoms with Gasteiger partial charge in [0, 0.05) is 44.4 Å². The van der Waals surface area contributed by atoms with Crippen molar-refractivity contribution >= 4 is 28.2 Å². The molecule has 4 nitrogen and oxygen atoms in total. The fourth-order valence-electron chi connectivity index (χ4n) is 1.44. The van der Waals surface area contributed by atoms with Gasteiger partial charge in [0.25, 0.3) is 0 Å². The maximum Gasteiger partial charge on any atom is 0.185 e. The SMILES string of the molecule is COCCNCc1sc(N(C)CCSC)nc1C. The minimum Gasteiger partial charge on any atom is -0.383 e. The number of methoxy groups -OCH3 is 1. The Bertz CT molecular complexity index is 344. The summed E-state index contributed by atoms with van der Waals surface area (Å²) in [6, 6.07) is 0. The largest absolute Gasteiger partial charge is 0.383 e. The van der Waals surface area contributed by atoms with Crippen molar-refractivity contribution in [3.63, 3.8) is 0 Å². The van der Waals surface area contributed by atoms with Gasteiger partial charge in [-0.3, -0.25) is 0 Å². The van der Waals surface area contributed by atoms with E-state index in [0.29, 0.717) is 0 Å². The van der Waals surface area contributed by atoms with E-state index in [1.807, 2.05) is 11.8 Å². The van der Waals surface area contributed by atoms with E-state index < -0.39 is 0 Å². The normalized spacial score (nSPS) is 10.9. The molecule has 0 atom stereocenters. The number of hydrogen-bond donors (Lipinski definition) is 1. The lowest BCUT2D eigenvalue weighted by Gasteiger charge is -2.14. The summed E-state index contributed by atoms with van der Waals surface area (Å²) in [5.41, 5.74) is 1.14. The predicted octanol–water partition coefficient (Wildman–Crippen LogP) is 1.99. The van der Waals surface area contributed by atoms with Crippen LogP contribution in [0.2, 0.25) is 0 Å². The second-order valence-electron chi connectivity index (χ2n) is 4.09. The summed E-state index contributed by atoms with van der Waals surface area (Å²) >= 11 is 3.64. The lowest BCUT2D eigenvalue weighted by Crippen LogP contribution is -2.19. The minimum atomic E-state index is 0.748. The maximum atomic E-state index is 5.01. The van der Waals surface area contributed by atoms with Crippen LogP contribution in [0.25, 0.3) is 0 Å². The number of aromatic nitrogens is 1. The highest BCUT2D eigenvalue weighted by atomic mass is 32.2. The lowest BCUT2D eigenvalue weighted by atomic mass is 10.4. The van der Waals surface area contributed by atoms with Gasteiger partial charge in [-0.15, -0.1) is 11.3 Å². The Morgan fingerprint density at radius 1 is 1.50 bits per heavy atom. The molecule has 0 spiro atoms. The van der Waals surface area contributed by atoms with Gasteiger partial charge < -0.3 is 15.0 Å². The van der Waals surface area contributed by atoms with Crippen molar-refractivity contribution in [3.8, 4) is 0 Å². The van der Waals surface area contributed by atoms with Gasteiger partial charge in [-0.25, -0.2) is 4.98 Å². The smallest absolute Gasteiger partial charge is 0.185 e. The van der Waals surface area contributed by atoms with Crippen LogP contribution in [0, 0.1) is 6.92 Å². The van der Waals surface area contributed by atoms with Crippen molar-refractivity contribution in [1.29, 1.82) is 0 Å². The molecule has 6 heteroatoms. The Kier molecular flexibility index (Phi) is 7.65. The first-order chi connectivity index (χ1) is 8.69. The summed E-state index contributed by atoms with van der Waals surface area (Å²) in [4.78, 5) is 8.17. The summed E-state index contributed by atoms with van der Waals surface area (Å²) < 4.78 is 5.01. The Labute approximate surface area is 118 Å². The highest BCUT2D eigenvalue weighted by molar-refractivity contribution is 7.98. The van der Waals surface area contributed by atoms with Crippen molar-refractivity contribution in [2.24, 2.45) is 0 Å². The Hall–Kier alpha value is -0.300. The van der Waals surface area contributed by atoms with E-state index in [9.17, 15) is 0 Å².